The standard InChI is InChI=1S/C21H30N2O2/c1-4-15-14-23(2)12-10-16(15)5-8-21(24)18-9-11-22-20-7-6-17(25-3)13-19(18)20/h6-7,9,11,13,15-16,21,24H,4-5,8,10,12,14H2,1-3H3. The van der Waals surface area contributed by atoms with Crippen LogP contribution in [0.25, 0.3) is 10.9 Å². The number of hydrogen-bond acceptors (Lipinski definition) is 4. The minimum Gasteiger partial charge on any atom is -0.497 e. The number of piperidine rings is 1. The topological polar surface area (TPSA) is 45.6 Å². The van der Waals surface area contributed by atoms with E-state index in [4.69, 9.17) is 4.74 Å². The highest BCUT2D eigenvalue weighted by molar-refractivity contribution is 5.83. The van der Waals surface area contributed by atoms with Crippen molar-refractivity contribution < 1.29 is 9.84 Å². The second kappa shape index (κ2) is 8.15. The van der Waals surface area contributed by atoms with Gasteiger partial charge in [-0.05, 0) is 74.5 Å². The Balaban J connectivity index is 1.73. The molecule has 2 heterocycles. The van der Waals surface area contributed by atoms with Gasteiger partial charge in [-0.1, -0.05) is 13.3 Å². The Labute approximate surface area is 150 Å². The van der Waals surface area contributed by atoms with E-state index < -0.39 is 6.10 Å². The molecule has 1 saturated heterocycles. The van der Waals surface area contributed by atoms with Gasteiger partial charge in [-0.25, -0.2) is 0 Å². The van der Waals surface area contributed by atoms with E-state index in [1.54, 1.807) is 13.3 Å². The van der Waals surface area contributed by atoms with Gasteiger partial charge in [0.25, 0.3) is 0 Å². The number of hydrogen-bond donors (Lipinski definition) is 1. The largest absolute Gasteiger partial charge is 0.497 e. The fourth-order valence-electron chi connectivity index (χ4n) is 4.20. The Bertz CT molecular complexity index is 703. The van der Waals surface area contributed by atoms with Gasteiger partial charge in [-0.3, -0.25) is 4.98 Å². The van der Waals surface area contributed by atoms with E-state index in [9.17, 15) is 5.11 Å². The van der Waals surface area contributed by atoms with Crippen molar-refractivity contribution in [1.29, 1.82) is 0 Å². The molecule has 1 N–H and O–H groups in total. The summed E-state index contributed by atoms with van der Waals surface area (Å²) in [6.07, 6.45) is 5.70. The van der Waals surface area contributed by atoms with E-state index in [1.165, 1.54) is 25.9 Å². The molecule has 0 spiro atoms. The third-order valence-corrected chi connectivity index (χ3v) is 5.77. The normalized spacial score (nSPS) is 22.9. The van der Waals surface area contributed by atoms with E-state index in [1.807, 2.05) is 24.3 Å². The summed E-state index contributed by atoms with van der Waals surface area (Å²) in [5, 5.41) is 11.8. The lowest BCUT2D eigenvalue weighted by molar-refractivity contribution is 0.105. The minimum absolute atomic E-state index is 0.449. The molecule has 0 saturated carbocycles. The Morgan fingerprint density at radius 1 is 1.32 bits per heavy atom. The van der Waals surface area contributed by atoms with Crippen LogP contribution in [0.15, 0.2) is 30.5 Å². The minimum atomic E-state index is -0.449. The molecule has 4 nitrogen and oxygen atoms in total. The van der Waals surface area contributed by atoms with Gasteiger partial charge in [0.05, 0.1) is 18.7 Å². The quantitative estimate of drug-likeness (QED) is 0.861. The van der Waals surface area contributed by atoms with Crippen LogP contribution in [0.1, 0.15) is 44.3 Å². The first-order chi connectivity index (χ1) is 12.1. The first-order valence-electron chi connectivity index (χ1n) is 9.41. The monoisotopic (exact) mass is 342 g/mol. The summed E-state index contributed by atoms with van der Waals surface area (Å²) in [7, 11) is 3.88. The van der Waals surface area contributed by atoms with Crippen molar-refractivity contribution in [3.8, 4) is 5.75 Å². The molecule has 1 fully saturated rings. The van der Waals surface area contributed by atoms with Crippen LogP contribution >= 0.6 is 0 Å². The molecule has 3 unspecified atom stereocenters. The predicted molar refractivity (Wildman–Crippen MR) is 102 cm³/mol. The van der Waals surface area contributed by atoms with Gasteiger partial charge >= 0.3 is 0 Å². The average Bonchev–Trinajstić information content (AvgIpc) is 2.65. The van der Waals surface area contributed by atoms with Crippen molar-refractivity contribution >= 4 is 10.9 Å². The van der Waals surface area contributed by atoms with E-state index in [0.717, 1.165) is 46.9 Å². The lowest BCUT2D eigenvalue weighted by Crippen LogP contribution is -2.37. The smallest absolute Gasteiger partial charge is 0.119 e. The van der Waals surface area contributed by atoms with Gasteiger partial charge in [-0.2, -0.15) is 0 Å². The van der Waals surface area contributed by atoms with Gasteiger partial charge in [0.15, 0.2) is 0 Å². The third kappa shape index (κ3) is 4.13. The number of benzene rings is 1. The summed E-state index contributed by atoms with van der Waals surface area (Å²) in [4.78, 5) is 6.85. The van der Waals surface area contributed by atoms with E-state index in [-0.39, 0.29) is 0 Å². The number of aliphatic hydroxyl groups is 1. The predicted octanol–water partition coefficient (Wildman–Crippen LogP) is 4.03. The number of aliphatic hydroxyl groups excluding tert-OH is 1. The maximum Gasteiger partial charge on any atom is 0.119 e. The van der Waals surface area contributed by atoms with Crippen LogP contribution in [0.5, 0.6) is 5.75 Å². The van der Waals surface area contributed by atoms with Crippen LogP contribution < -0.4 is 4.74 Å². The highest BCUT2D eigenvalue weighted by Gasteiger charge is 2.27. The van der Waals surface area contributed by atoms with Crippen molar-refractivity contribution in [3.05, 3.63) is 36.0 Å². The molecule has 1 aliphatic heterocycles. The van der Waals surface area contributed by atoms with Crippen molar-refractivity contribution in [2.45, 2.75) is 38.7 Å². The van der Waals surface area contributed by atoms with Crippen LogP contribution in [-0.4, -0.2) is 42.2 Å². The number of rotatable bonds is 6. The fraction of sp³-hybridized carbons (Fsp3) is 0.571. The van der Waals surface area contributed by atoms with Crippen LogP contribution in [-0.2, 0) is 0 Å². The Kier molecular flexibility index (Phi) is 5.92. The van der Waals surface area contributed by atoms with Gasteiger partial charge in [0, 0.05) is 18.1 Å². The van der Waals surface area contributed by atoms with Crippen molar-refractivity contribution in [2.24, 2.45) is 11.8 Å². The molecule has 0 amide bonds. The lowest BCUT2D eigenvalue weighted by atomic mass is 9.80. The molecule has 25 heavy (non-hydrogen) atoms. The molecule has 136 valence electrons. The molecule has 4 heteroatoms. The maximum absolute atomic E-state index is 10.8. The summed E-state index contributed by atoms with van der Waals surface area (Å²) < 4.78 is 5.34. The van der Waals surface area contributed by atoms with Crippen LogP contribution in [0.4, 0.5) is 0 Å². The summed E-state index contributed by atoms with van der Waals surface area (Å²) in [6.45, 7) is 4.65. The molecule has 1 aromatic carbocycles. The van der Waals surface area contributed by atoms with Gasteiger partial charge in [0.1, 0.15) is 5.75 Å². The molecule has 0 bridgehead atoms. The molecule has 0 aliphatic carbocycles. The van der Waals surface area contributed by atoms with Gasteiger partial charge in [0.2, 0.25) is 0 Å². The Hall–Kier alpha value is -1.65. The SMILES string of the molecule is CCC1CN(C)CCC1CCC(O)c1ccnc2ccc(OC)cc12. The molecule has 3 atom stereocenters. The average molecular weight is 342 g/mol. The summed E-state index contributed by atoms with van der Waals surface area (Å²) >= 11 is 0. The number of methoxy groups -OCH3 is 1. The Morgan fingerprint density at radius 3 is 2.92 bits per heavy atom. The maximum atomic E-state index is 10.8. The highest BCUT2D eigenvalue weighted by Crippen LogP contribution is 2.34. The number of pyridine rings is 1. The summed E-state index contributed by atoms with van der Waals surface area (Å²) in [5.74, 6) is 2.27. The zero-order chi connectivity index (χ0) is 17.8. The summed E-state index contributed by atoms with van der Waals surface area (Å²) in [6, 6.07) is 7.79. The molecule has 0 radical (unpaired) electrons. The zero-order valence-corrected chi connectivity index (χ0v) is 15.6. The number of likely N-dealkylation sites (tertiary alicyclic amines) is 1. The molecular weight excluding hydrogens is 312 g/mol. The van der Waals surface area contributed by atoms with Crippen LogP contribution in [0, 0.1) is 11.8 Å². The van der Waals surface area contributed by atoms with E-state index in [2.05, 4.69) is 23.9 Å². The molecule has 3 rings (SSSR count). The van der Waals surface area contributed by atoms with E-state index >= 15 is 0 Å². The van der Waals surface area contributed by atoms with Crippen molar-refractivity contribution in [2.75, 3.05) is 27.2 Å². The first-order valence-corrected chi connectivity index (χ1v) is 9.41. The molecule has 1 aromatic heterocycles. The number of aromatic nitrogens is 1. The van der Waals surface area contributed by atoms with Crippen molar-refractivity contribution in [1.82, 2.24) is 9.88 Å². The molecule has 2 aromatic rings. The van der Waals surface area contributed by atoms with Crippen LogP contribution in [0.2, 0.25) is 0 Å². The number of nitrogens with zero attached hydrogens (tertiary/aromatic N) is 2. The van der Waals surface area contributed by atoms with Gasteiger partial charge in [-0.15, -0.1) is 0 Å². The lowest BCUT2D eigenvalue weighted by Gasteiger charge is -2.36. The fourth-order valence-corrected chi connectivity index (χ4v) is 4.20. The number of fused-ring (bicyclic) bond motifs is 1. The third-order valence-electron chi connectivity index (χ3n) is 5.77. The van der Waals surface area contributed by atoms with E-state index in [0.29, 0.717) is 0 Å². The summed E-state index contributed by atoms with van der Waals surface area (Å²) in [5.41, 5.74) is 1.87. The second-order valence-electron chi connectivity index (χ2n) is 7.36. The molecule has 1 aliphatic rings. The zero-order valence-electron chi connectivity index (χ0n) is 15.6. The second-order valence-corrected chi connectivity index (χ2v) is 7.36. The Morgan fingerprint density at radius 2 is 2.16 bits per heavy atom. The molecular formula is C21H30N2O2. The number of ether oxygens (including phenoxy) is 1. The van der Waals surface area contributed by atoms with Crippen LogP contribution in [0.3, 0.4) is 0 Å². The van der Waals surface area contributed by atoms with Gasteiger partial charge < -0.3 is 14.7 Å². The highest BCUT2D eigenvalue weighted by atomic mass is 16.5. The first kappa shape index (κ1) is 18.2. The van der Waals surface area contributed by atoms with Crippen molar-refractivity contribution in [3.63, 3.8) is 0 Å².